The maximum atomic E-state index is 3.85. The summed E-state index contributed by atoms with van der Waals surface area (Å²) >= 11 is 0. The molecule has 0 aromatic heterocycles. The van der Waals surface area contributed by atoms with Gasteiger partial charge in [0, 0.05) is 0 Å². The Balaban J connectivity index is 0.000000628. The summed E-state index contributed by atoms with van der Waals surface area (Å²) in [6.07, 6.45) is 2.18. The molecule has 1 nitrogen and oxygen atoms in total. The Kier molecular flexibility index (Phi) is 13.4. The van der Waals surface area contributed by atoms with Crippen LogP contribution in [0.2, 0.25) is 0 Å². The van der Waals surface area contributed by atoms with Crippen molar-refractivity contribution in [1.29, 1.82) is 0 Å². The Morgan fingerprint density at radius 2 is 1.17 bits per heavy atom. The van der Waals surface area contributed by atoms with Crippen molar-refractivity contribution in [2.24, 2.45) is 0 Å². The Labute approximate surface area is 220 Å². The molecule has 0 aliphatic heterocycles. The molecule has 146 valence electrons. The number of benzene rings is 3. The van der Waals surface area contributed by atoms with Crippen molar-refractivity contribution in [3.8, 4) is 0 Å². The van der Waals surface area contributed by atoms with Crippen molar-refractivity contribution in [2.75, 3.05) is 13.6 Å². The van der Waals surface area contributed by atoms with E-state index in [1.54, 1.807) is 0 Å². The van der Waals surface area contributed by atoms with Crippen molar-refractivity contribution in [3.63, 3.8) is 0 Å². The fourth-order valence-electron chi connectivity index (χ4n) is 3.23. The maximum absolute atomic E-state index is 3.85. The molecule has 3 aromatic rings. The molecule has 0 spiro atoms. The second-order valence-electron chi connectivity index (χ2n) is 6.85. The second-order valence-corrected chi connectivity index (χ2v) is 6.85. The maximum Gasteiger partial charge on any atom is 1.00 e. The number of rotatable bonds is 6. The van der Waals surface area contributed by atoms with E-state index in [2.05, 4.69) is 111 Å². The zero-order valence-corrected chi connectivity index (χ0v) is 21.8. The van der Waals surface area contributed by atoms with E-state index in [-0.39, 0.29) is 51.4 Å². The van der Waals surface area contributed by atoms with Crippen LogP contribution in [0.15, 0.2) is 84.9 Å². The fourth-order valence-corrected chi connectivity index (χ4v) is 3.23. The van der Waals surface area contributed by atoms with Crippen molar-refractivity contribution < 1.29 is 51.4 Å². The van der Waals surface area contributed by atoms with Crippen LogP contribution in [0.5, 0.6) is 0 Å². The molecule has 0 saturated heterocycles. The predicted molar refractivity (Wildman–Crippen MR) is 125 cm³/mol. The van der Waals surface area contributed by atoms with Gasteiger partial charge in [-0.25, -0.2) is 0 Å². The van der Waals surface area contributed by atoms with E-state index in [0.717, 1.165) is 13.0 Å². The quantitative estimate of drug-likeness (QED) is 0.411. The van der Waals surface area contributed by atoms with Crippen LogP contribution in [0, 0.1) is 6.92 Å². The molecule has 0 N–H and O–H groups in total. The summed E-state index contributed by atoms with van der Waals surface area (Å²) < 4.78 is 0. The summed E-state index contributed by atoms with van der Waals surface area (Å²) in [6, 6.07) is 30.3. The molecule has 0 aliphatic carbocycles. The average molecular weight is 410 g/mol. The van der Waals surface area contributed by atoms with Crippen LogP contribution >= 0.6 is 0 Å². The van der Waals surface area contributed by atoms with Gasteiger partial charge in [0.2, 0.25) is 0 Å². The molecule has 0 radical (unpaired) electrons. The standard InChI is InChI=1S/C23H22.C4H10N.K/c1-3-22(19-10-6-4-7-11-19)23(20-12-8-5-9-13-20)21-16-14-18(2)15-17-21;1-3-4-5-2;/h4-17H,3H2,1-2H3;3-4H2,1-2H3;/q;-1;+1/b23-22-;;. The molecule has 2 heteroatoms. The Morgan fingerprint density at radius 3 is 1.59 bits per heavy atom. The average Bonchev–Trinajstić information content (AvgIpc) is 2.75. The van der Waals surface area contributed by atoms with Crippen LogP contribution in [-0.4, -0.2) is 13.6 Å². The number of hydrogen-bond donors (Lipinski definition) is 0. The van der Waals surface area contributed by atoms with E-state index >= 15 is 0 Å². The molecule has 0 atom stereocenters. The third kappa shape index (κ3) is 8.33. The van der Waals surface area contributed by atoms with Gasteiger partial charge in [0.05, 0.1) is 0 Å². The minimum absolute atomic E-state index is 0. The van der Waals surface area contributed by atoms with Gasteiger partial charge in [0.1, 0.15) is 0 Å². The molecule has 0 heterocycles. The monoisotopic (exact) mass is 409 g/mol. The fraction of sp³-hybridized carbons (Fsp3) is 0.259. The van der Waals surface area contributed by atoms with Gasteiger partial charge in [-0.05, 0) is 41.2 Å². The van der Waals surface area contributed by atoms with Gasteiger partial charge in [-0.15, -0.1) is 6.54 Å². The molecule has 0 saturated carbocycles. The first-order chi connectivity index (χ1) is 13.7. The van der Waals surface area contributed by atoms with Crippen molar-refractivity contribution >= 4 is 11.1 Å². The first-order valence-corrected chi connectivity index (χ1v) is 10.2. The molecule has 3 rings (SSSR count). The third-order valence-corrected chi connectivity index (χ3v) is 4.63. The second kappa shape index (κ2) is 14.9. The summed E-state index contributed by atoms with van der Waals surface area (Å²) in [4.78, 5) is 0. The molecular formula is C27H32KN. The van der Waals surface area contributed by atoms with Gasteiger partial charge < -0.3 is 5.32 Å². The van der Waals surface area contributed by atoms with Crippen molar-refractivity contribution in [3.05, 3.63) is 112 Å². The molecule has 0 unspecified atom stereocenters. The Hall–Kier alpha value is -1.00. The van der Waals surface area contributed by atoms with Gasteiger partial charge in [0.25, 0.3) is 0 Å². The van der Waals surface area contributed by atoms with Crippen LogP contribution in [-0.2, 0) is 0 Å². The summed E-state index contributed by atoms with van der Waals surface area (Å²) in [5, 5.41) is 3.85. The zero-order chi connectivity index (χ0) is 20.2. The van der Waals surface area contributed by atoms with Crippen molar-refractivity contribution in [1.82, 2.24) is 0 Å². The molecule has 0 bridgehead atoms. The minimum Gasteiger partial charge on any atom is -0.665 e. The molecule has 29 heavy (non-hydrogen) atoms. The molecule has 0 fully saturated rings. The van der Waals surface area contributed by atoms with Crippen LogP contribution in [0.3, 0.4) is 0 Å². The Bertz CT molecular complexity index is 835. The summed E-state index contributed by atoms with van der Waals surface area (Å²) in [5.74, 6) is 0. The largest absolute Gasteiger partial charge is 1.00 e. The first kappa shape index (κ1) is 26.0. The van der Waals surface area contributed by atoms with Gasteiger partial charge in [-0.2, -0.15) is 7.05 Å². The normalized spacial score (nSPS) is 10.9. The minimum atomic E-state index is 0. The SMILES string of the molecule is CC/C(=C(\c1ccccc1)c1ccc(C)cc1)c1ccccc1.CCC[N-]C.[K+]. The van der Waals surface area contributed by atoms with Crippen LogP contribution < -0.4 is 51.4 Å². The number of allylic oxidation sites excluding steroid dienone is 1. The molecular weight excluding hydrogens is 377 g/mol. The van der Waals surface area contributed by atoms with Crippen LogP contribution in [0.1, 0.15) is 48.9 Å². The third-order valence-electron chi connectivity index (χ3n) is 4.63. The van der Waals surface area contributed by atoms with Gasteiger partial charge in [-0.1, -0.05) is 111 Å². The van der Waals surface area contributed by atoms with E-state index in [9.17, 15) is 0 Å². The summed E-state index contributed by atoms with van der Waals surface area (Å²) in [7, 11) is 1.84. The van der Waals surface area contributed by atoms with Crippen molar-refractivity contribution in [2.45, 2.75) is 33.6 Å². The number of aryl methyl sites for hydroxylation is 1. The number of hydrogen-bond acceptors (Lipinski definition) is 0. The summed E-state index contributed by atoms with van der Waals surface area (Å²) in [6.45, 7) is 7.50. The molecule has 0 aliphatic rings. The van der Waals surface area contributed by atoms with E-state index < -0.39 is 0 Å². The van der Waals surface area contributed by atoms with E-state index in [4.69, 9.17) is 0 Å². The van der Waals surface area contributed by atoms with Crippen LogP contribution in [0.25, 0.3) is 16.5 Å². The molecule has 0 amide bonds. The van der Waals surface area contributed by atoms with E-state index in [0.29, 0.717) is 0 Å². The van der Waals surface area contributed by atoms with Gasteiger partial charge >= 0.3 is 51.4 Å². The number of nitrogens with zero attached hydrogens (tertiary/aromatic N) is 1. The van der Waals surface area contributed by atoms with Gasteiger partial charge in [0.15, 0.2) is 0 Å². The van der Waals surface area contributed by atoms with Gasteiger partial charge in [-0.3, -0.25) is 0 Å². The summed E-state index contributed by atoms with van der Waals surface area (Å²) in [5.41, 5.74) is 7.87. The molecule has 3 aromatic carbocycles. The Morgan fingerprint density at radius 1 is 0.690 bits per heavy atom. The van der Waals surface area contributed by atoms with Crippen LogP contribution in [0.4, 0.5) is 0 Å². The predicted octanol–water partition coefficient (Wildman–Crippen LogP) is 4.77. The topological polar surface area (TPSA) is 14.1 Å². The van der Waals surface area contributed by atoms with E-state index in [1.165, 1.54) is 39.8 Å². The smallest absolute Gasteiger partial charge is 0.665 e. The first-order valence-electron chi connectivity index (χ1n) is 10.2. The zero-order valence-electron chi connectivity index (χ0n) is 18.7. The van der Waals surface area contributed by atoms with E-state index in [1.807, 2.05) is 7.05 Å².